The molecule has 2 aromatic carbocycles. The Kier molecular flexibility index (Phi) is 5.88. The van der Waals surface area contributed by atoms with E-state index in [-0.39, 0.29) is 22.6 Å². The van der Waals surface area contributed by atoms with Crippen LogP contribution in [0.25, 0.3) is 0 Å². The second kappa shape index (κ2) is 8.83. The minimum atomic E-state index is -3.91. The SMILES string of the molecule is COc1ccc(C(=O)N2CCCC2c2cccs2)cc1S(=O)(=O)N1CCCc2ccccc21. The number of anilines is 1. The lowest BCUT2D eigenvalue weighted by atomic mass is 10.0. The fraction of sp³-hybridized carbons (Fsp3) is 0.320. The van der Waals surface area contributed by atoms with Gasteiger partial charge in [0.05, 0.1) is 18.8 Å². The van der Waals surface area contributed by atoms with Crippen molar-refractivity contribution in [2.45, 2.75) is 36.6 Å². The average Bonchev–Trinajstić information content (AvgIpc) is 3.54. The van der Waals surface area contributed by atoms with Gasteiger partial charge in [0, 0.05) is 23.5 Å². The van der Waals surface area contributed by atoms with Gasteiger partial charge in [0.15, 0.2) is 0 Å². The van der Waals surface area contributed by atoms with E-state index in [1.807, 2.05) is 40.6 Å². The van der Waals surface area contributed by atoms with E-state index >= 15 is 0 Å². The Labute approximate surface area is 198 Å². The first-order chi connectivity index (χ1) is 16.0. The van der Waals surface area contributed by atoms with Gasteiger partial charge in [-0.2, -0.15) is 0 Å². The summed E-state index contributed by atoms with van der Waals surface area (Å²) in [7, 11) is -2.46. The van der Waals surface area contributed by atoms with Crippen LogP contribution in [0.3, 0.4) is 0 Å². The number of likely N-dealkylation sites (tertiary alicyclic amines) is 1. The monoisotopic (exact) mass is 482 g/mol. The highest BCUT2D eigenvalue weighted by Gasteiger charge is 2.34. The number of methoxy groups -OCH3 is 1. The van der Waals surface area contributed by atoms with Gasteiger partial charge < -0.3 is 9.64 Å². The van der Waals surface area contributed by atoms with Crippen LogP contribution in [0.5, 0.6) is 5.75 Å². The second-order valence-corrected chi connectivity index (χ2v) is 11.2. The Morgan fingerprint density at radius 1 is 1.06 bits per heavy atom. The molecule has 0 aliphatic carbocycles. The van der Waals surface area contributed by atoms with Gasteiger partial charge in [0.2, 0.25) is 0 Å². The van der Waals surface area contributed by atoms with E-state index in [4.69, 9.17) is 4.74 Å². The summed E-state index contributed by atoms with van der Waals surface area (Å²) in [6.45, 7) is 1.06. The third-order valence-electron chi connectivity index (χ3n) is 6.43. The number of para-hydroxylation sites is 1. The van der Waals surface area contributed by atoms with Crippen LogP contribution < -0.4 is 9.04 Å². The van der Waals surface area contributed by atoms with Crippen molar-refractivity contribution in [2.24, 2.45) is 0 Å². The van der Waals surface area contributed by atoms with E-state index in [0.29, 0.717) is 24.3 Å². The molecule has 2 aliphatic rings. The molecule has 8 heteroatoms. The topological polar surface area (TPSA) is 66.9 Å². The standard InChI is InChI=1S/C25H26N2O4S2/c1-31-22-13-12-19(25(28)26-14-5-10-21(26)23-11-6-16-32-23)17-24(22)33(29,30)27-15-4-8-18-7-2-3-9-20(18)27/h2-3,6-7,9,11-13,16-17,21H,4-5,8,10,14-15H2,1H3. The lowest BCUT2D eigenvalue weighted by Crippen LogP contribution is -2.36. The van der Waals surface area contributed by atoms with Crippen LogP contribution in [0.1, 0.15) is 46.1 Å². The maximum absolute atomic E-state index is 13.8. The first-order valence-corrected chi connectivity index (χ1v) is 13.5. The number of carbonyl (C=O) groups is 1. The van der Waals surface area contributed by atoms with Crippen molar-refractivity contribution in [1.82, 2.24) is 4.90 Å². The Bertz CT molecular complexity index is 1270. The van der Waals surface area contributed by atoms with Gasteiger partial charge >= 0.3 is 0 Å². The zero-order chi connectivity index (χ0) is 23.0. The Balaban J connectivity index is 1.52. The second-order valence-electron chi connectivity index (χ2n) is 8.35. The van der Waals surface area contributed by atoms with Gasteiger partial charge in [0.25, 0.3) is 15.9 Å². The molecule has 0 radical (unpaired) electrons. The van der Waals surface area contributed by atoms with Gasteiger partial charge in [-0.3, -0.25) is 9.10 Å². The van der Waals surface area contributed by atoms with E-state index in [1.54, 1.807) is 23.5 Å². The summed E-state index contributed by atoms with van der Waals surface area (Å²) in [6, 6.07) is 16.4. The van der Waals surface area contributed by atoms with E-state index in [2.05, 4.69) is 6.07 Å². The molecule has 3 heterocycles. The van der Waals surface area contributed by atoms with Crippen LogP contribution in [-0.4, -0.2) is 39.4 Å². The first-order valence-electron chi connectivity index (χ1n) is 11.1. The predicted octanol–water partition coefficient (Wildman–Crippen LogP) is 4.88. The molecule has 172 valence electrons. The molecule has 1 unspecified atom stereocenters. The quantitative estimate of drug-likeness (QED) is 0.520. The number of fused-ring (bicyclic) bond motifs is 1. The van der Waals surface area contributed by atoms with Gasteiger partial charge in [-0.15, -0.1) is 11.3 Å². The highest BCUT2D eigenvalue weighted by atomic mass is 32.2. The van der Waals surface area contributed by atoms with Crippen LogP contribution in [0, 0.1) is 0 Å². The van der Waals surface area contributed by atoms with Crippen LogP contribution >= 0.6 is 11.3 Å². The summed E-state index contributed by atoms with van der Waals surface area (Å²) in [4.78, 5) is 16.5. The summed E-state index contributed by atoms with van der Waals surface area (Å²) >= 11 is 1.65. The number of nitrogens with zero attached hydrogens (tertiary/aromatic N) is 2. The number of amides is 1. The molecular formula is C25H26N2O4S2. The molecule has 0 N–H and O–H groups in total. The summed E-state index contributed by atoms with van der Waals surface area (Å²) in [5, 5.41) is 2.02. The van der Waals surface area contributed by atoms with Crippen molar-refractivity contribution < 1.29 is 17.9 Å². The van der Waals surface area contributed by atoms with Crippen molar-refractivity contribution in [2.75, 3.05) is 24.5 Å². The van der Waals surface area contributed by atoms with E-state index < -0.39 is 10.0 Å². The summed E-state index contributed by atoms with van der Waals surface area (Å²) in [6.07, 6.45) is 3.43. The maximum Gasteiger partial charge on any atom is 0.268 e. The average molecular weight is 483 g/mol. The molecule has 2 aliphatic heterocycles. The molecule has 5 rings (SSSR count). The lowest BCUT2D eigenvalue weighted by molar-refractivity contribution is 0.0737. The fourth-order valence-corrected chi connectivity index (χ4v) is 7.43. The largest absolute Gasteiger partial charge is 0.495 e. The normalized spacial score (nSPS) is 18.3. The predicted molar refractivity (Wildman–Crippen MR) is 130 cm³/mol. The summed E-state index contributed by atoms with van der Waals surface area (Å²) in [5.74, 6) is 0.0925. The molecule has 0 bridgehead atoms. The molecule has 33 heavy (non-hydrogen) atoms. The number of sulfonamides is 1. The number of thiophene rings is 1. The molecule has 1 atom stereocenters. The molecule has 3 aromatic rings. The Morgan fingerprint density at radius 2 is 1.91 bits per heavy atom. The molecule has 1 aromatic heterocycles. The van der Waals surface area contributed by atoms with Crippen molar-refractivity contribution in [3.63, 3.8) is 0 Å². The molecule has 6 nitrogen and oxygen atoms in total. The van der Waals surface area contributed by atoms with Crippen LogP contribution in [0.4, 0.5) is 5.69 Å². The number of ether oxygens (including phenoxy) is 1. The zero-order valence-corrected chi connectivity index (χ0v) is 20.1. The van der Waals surface area contributed by atoms with Gasteiger partial charge in [-0.25, -0.2) is 8.42 Å². The zero-order valence-electron chi connectivity index (χ0n) is 18.4. The minimum absolute atomic E-state index is 0.0272. The summed E-state index contributed by atoms with van der Waals surface area (Å²) < 4.78 is 34.5. The van der Waals surface area contributed by atoms with Gasteiger partial charge in [-0.05, 0) is 67.0 Å². The molecule has 0 spiro atoms. The van der Waals surface area contributed by atoms with Crippen LogP contribution in [0.2, 0.25) is 0 Å². The minimum Gasteiger partial charge on any atom is -0.495 e. The third kappa shape index (κ3) is 3.91. The van der Waals surface area contributed by atoms with Crippen molar-refractivity contribution in [3.8, 4) is 5.75 Å². The van der Waals surface area contributed by atoms with Crippen molar-refractivity contribution in [3.05, 3.63) is 76.0 Å². The van der Waals surface area contributed by atoms with Crippen molar-refractivity contribution in [1.29, 1.82) is 0 Å². The fourth-order valence-electron chi connectivity index (χ4n) is 4.83. The van der Waals surface area contributed by atoms with E-state index in [0.717, 1.165) is 36.1 Å². The number of carbonyl (C=O) groups excluding carboxylic acids is 1. The number of hydrogen-bond acceptors (Lipinski definition) is 5. The highest BCUT2D eigenvalue weighted by Crippen LogP contribution is 2.38. The number of benzene rings is 2. The number of aryl methyl sites for hydroxylation is 1. The summed E-state index contributed by atoms with van der Waals surface area (Å²) in [5.41, 5.74) is 2.07. The maximum atomic E-state index is 13.8. The van der Waals surface area contributed by atoms with Crippen LogP contribution in [0.15, 0.2) is 64.9 Å². The smallest absolute Gasteiger partial charge is 0.268 e. The third-order valence-corrected chi connectivity index (χ3v) is 9.24. The van der Waals surface area contributed by atoms with Crippen LogP contribution in [-0.2, 0) is 16.4 Å². The highest BCUT2D eigenvalue weighted by molar-refractivity contribution is 7.93. The number of rotatable bonds is 5. The lowest BCUT2D eigenvalue weighted by Gasteiger charge is -2.31. The molecule has 1 saturated heterocycles. The molecule has 1 amide bonds. The van der Waals surface area contributed by atoms with Gasteiger partial charge in [0.1, 0.15) is 10.6 Å². The molecule has 1 fully saturated rings. The molecule has 0 saturated carbocycles. The van der Waals surface area contributed by atoms with Crippen molar-refractivity contribution >= 4 is 33.0 Å². The van der Waals surface area contributed by atoms with E-state index in [9.17, 15) is 13.2 Å². The van der Waals surface area contributed by atoms with E-state index in [1.165, 1.54) is 17.5 Å². The first kappa shape index (κ1) is 22.0. The van der Waals surface area contributed by atoms with Gasteiger partial charge in [-0.1, -0.05) is 24.3 Å². The number of hydrogen-bond donors (Lipinski definition) is 0. The Morgan fingerprint density at radius 3 is 2.70 bits per heavy atom. The molecular weight excluding hydrogens is 456 g/mol. The Hall–Kier alpha value is -2.84.